The molecule has 0 aliphatic carbocycles. The quantitative estimate of drug-likeness (QED) is 0.452. The van der Waals surface area contributed by atoms with E-state index in [0.29, 0.717) is 11.3 Å². The van der Waals surface area contributed by atoms with Crippen LogP contribution in [0.2, 0.25) is 0 Å². The standard InChI is InChI=1S/C19H16N4O3S2/c24-19(22-17-5-1-3-14-11-20-23-18(14)17)13-6-8-16(9-7-13)28(25,26)21-12-15-4-2-10-27-15/h1-11,21H,12H2,(H,20,23)(H,22,24). The fourth-order valence-corrected chi connectivity index (χ4v) is 4.46. The summed E-state index contributed by atoms with van der Waals surface area (Å²) in [5.41, 5.74) is 1.69. The van der Waals surface area contributed by atoms with Crippen molar-refractivity contribution in [3.63, 3.8) is 0 Å². The highest BCUT2D eigenvalue weighted by Gasteiger charge is 2.15. The molecule has 1 amide bonds. The molecule has 4 aromatic rings. The van der Waals surface area contributed by atoms with E-state index in [-0.39, 0.29) is 17.3 Å². The largest absolute Gasteiger partial charge is 0.320 e. The Morgan fingerprint density at radius 2 is 1.89 bits per heavy atom. The van der Waals surface area contributed by atoms with Crippen LogP contribution in [0.4, 0.5) is 5.69 Å². The molecule has 0 aliphatic heterocycles. The number of sulfonamides is 1. The minimum absolute atomic E-state index is 0.108. The topological polar surface area (TPSA) is 104 Å². The minimum Gasteiger partial charge on any atom is -0.320 e. The molecule has 2 heterocycles. The SMILES string of the molecule is O=C(Nc1cccc2cn[nH]c12)c1ccc(S(=O)(=O)NCc2cccs2)cc1. The summed E-state index contributed by atoms with van der Waals surface area (Å²) in [5.74, 6) is -0.336. The zero-order valence-electron chi connectivity index (χ0n) is 14.5. The van der Waals surface area contributed by atoms with Crippen molar-refractivity contribution in [3.8, 4) is 0 Å². The predicted molar refractivity (Wildman–Crippen MR) is 109 cm³/mol. The Morgan fingerprint density at radius 1 is 1.07 bits per heavy atom. The number of carbonyl (C=O) groups is 1. The van der Waals surface area contributed by atoms with Gasteiger partial charge in [0.2, 0.25) is 10.0 Å². The van der Waals surface area contributed by atoms with E-state index in [1.807, 2.05) is 29.6 Å². The molecule has 0 aliphatic rings. The van der Waals surface area contributed by atoms with Gasteiger partial charge in [-0.3, -0.25) is 9.89 Å². The first-order valence-electron chi connectivity index (χ1n) is 8.38. The molecule has 0 saturated carbocycles. The van der Waals surface area contributed by atoms with Crippen molar-refractivity contribution < 1.29 is 13.2 Å². The third kappa shape index (κ3) is 3.81. The number of amides is 1. The van der Waals surface area contributed by atoms with E-state index in [0.717, 1.165) is 15.8 Å². The van der Waals surface area contributed by atoms with Gasteiger partial charge >= 0.3 is 0 Å². The Kier molecular flexibility index (Phi) is 4.95. The molecule has 0 fully saturated rings. The molecule has 0 saturated heterocycles. The summed E-state index contributed by atoms with van der Waals surface area (Å²) in [5, 5.41) is 12.4. The minimum atomic E-state index is -3.65. The molecule has 2 aromatic carbocycles. The summed E-state index contributed by atoms with van der Waals surface area (Å²) >= 11 is 1.48. The Labute approximate surface area is 165 Å². The number of hydrogen-bond acceptors (Lipinski definition) is 5. The van der Waals surface area contributed by atoms with Gasteiger partial charge in [0.15, 0.2) is 0 Å². The predicted octanol–water partition coefficient (Wildman–Crippen LogP) is 3.36. The van der Waals surface area contributed by atoms with Crippen molar-refractivity contribution in [3.05, 3.63) is 76.6 Å². The second kappa shape index (κ2) is 7.55. The molecule has 0 atom stereocenters. The number of H-pyrrole nitrogens is 1. The summed E-state index contributed by atoms with van der Waals surface area (Å²) in [6.45, 7) is 0.233. The van der Waals surface area contributed by atoms with Crippen molar-refractivity contribution in [2.75, 3.05) is 5.32 Å². The van der Waals surface area contributed by atoms with Gasteiger partial charge in [0.05, 0.1) is 22.3 Å². The third-order valence-electron chi connectivity index (χ3n) is 4.17. The van der Waals surface area contributed by atoms with Gasteiger partial charge < -0.3 is 5.32 Å². The lowest BCUT2D eigenvalue weighted by molar-refractivity contribution is 0.102. The van der Waals surface area contributed by atoms with Crippen molar-refractivity contribution in [1.29, 1.82) is 0 Å². The van der Waals surface area contributed by atoms with E-state index < -0.39 is 10.0 Å². The van der Waals surface area contributed by atoms with Crippen LogP contribution in [0.15, 0.2) is 71.1 Å². The molecule has 4 rings (SSSR count). The number of thiophene rings is 1. The molecule has 3 N–H and O–H groups in total. The first-order valence-corrected chi connectivity index (χ1v) is 10.7. The van der Waals surface area contributed by atoms with Crippen molar-refractivity contribution in [1.82, 2.24) is 14.9 Å². The van der Waals surface area contributed by atoms with Crippen molar-refractivity contribution >= 4 is 43.9 Å². The Morgan fingerprint density at radius 3 is 2.64 bits per heavy atom. The van der Waals surface area contributed by atoms with Gasteiger partial charge in [-0.2, -0.15) is 5.10 Å². The number of hydrogen-bond donors (Lipinski definition) is 3. The lowest BCUT2D eigenvalue weighted by Gasteiger charge is -2.08. The van der Waals surface area contributed by atoms with E-state index >= 15 is 0 Å². The number of aromatic nitrogens is 2. The number of aromatic amines is 1. The molecule has 0 unspecified atom stereocenters. The lowest BCUT2D eigenvalue weighted by atomic mass is 10.2. The molecule has 2 aromatic heterocycles. The number of anilines is 1. The maximum Gasteiger partial charge on any atom is 0.255 e. The third-order valence-corrected chi connectivity index (χ3v) is 6.46. The number of fused-ring (bicyclic) bond motifs is 1. The van der Waals surface area contributed by atoms with Crippen LogP contribution in [0.1, 0.15) is 15.2 Å². The number of carbonyl (C=O) groups excluding carboxylic acids is 1. The number of para-hydroxylation sites is 1. The molecular weight excluding hydrogens is 396 g/mol. The molecule has 0 spiro atoms. The second-order valence-electron chi connectivity index (χ2n) is 6.02. The van der Waals surface area contributed by atoms with Crippen LogP contribution < -0.4 is 10.0 Å². The smallest absolute Gasteiger partial charge is 0.255 e. The summed E-state index contributed by atoms with van der Waals surface area (Å²) in [4.78, 5) is 13.5. The lowest BCUT2D eigenvalue weighted by Crippen LogP contribution is -2.23. The highest BCUT2D eigenvalue weighted by molar-refractivity contribution is 7.89. The van der Waals surface area contributed by atoms with Crippen LogP contribution in [0.25, 0.3) is 10.9 Å². The molecule has 7 nitrogen and oxygen atoms in total. The molecule has 0 bridgehead atoms. The first kappa shape index (κ1) is 18.4. The zero-order valence-corrected chi connectivity index (χ0v) is 16.2. The van der Waals surface area contributed by atoms with Gasteiger partial charge in [-0.05, 0) is 41.8 Å². The number of nitrogens with one attached hydrogen (secondary N) is 3. The highest BCUT2D eigenvalue weighted by Crippen LogP contribution is 2.21. The fraction of sp³-hybridized carbons (Fsp3) is 0.0526. The van der Waals surface area contributed by atoms with Gasteiger partial charge in [-0.1, -0.05) is 18.2 Å². The van der Waals surface area contributed by atoms with Crippen LogP contribution in [-0.4, -0.2) is 24.5 Å². The van der Waals surface area contributed by atoms with E-state index in [9.17, 15) is 13.2 Å². The van der Waals surface area contributed by atoms with Crippen LogP contribution in [0.5, 0.6) is 0 Å². The Bertz CT molecular complexity index is 1210. The van der Waals surface area contributed by atoms with E-state index in [1.165, 1.54) is 35.6 Å². The van der Waals surface area contributed by atoms with Gasteiger partial charge in [0.25, 0.3) is 5.91 Å². The summed E-state index contributed by atoms with van der Waals surface area (Å²) in [6.07, 6.45) is 1.67. The summed E-state index contributed by atoms with van der Waals surface area (Å²) in [7, 11) is -3.65. The normalized spacial score (nSPS) is 11.6. The van der Waals surface area contributed by atoms with Gasteiger partial charge in [-0.15, -0.1) is 11.3 Å². The van der Waals surface area contributed by atoms with Gasteiger partial charge in [0.1, 0.15) is 0 Å². The molecular formula is C19H16N4O3S2. The molecule has 9 heteroatoms. The number of benzene rings is 2. The Balaban J connectivity index is 1.48. The van der Waals surface area contributed by atoms with Gasteiger partial charge in [0, 0.05) is 22.4 Å². The fourth-order valence-electron chi connectivity index (χ4n) is 2.72. The molecule has 0 radical (unpaired) electrons. The van der Waals surface area contributed by atoms with E-state index in [2.05, 4.69) is 20.2 Å². The van der Waals surface area contributed by atoms with Crippen LogP contribution in [-0.2, 0) is 16.6 Å². The Hall–Kier alpha value is -3.01. The summed E-state index contributed by atoms with van der Waals surface area (Å²) < 4.78 is 27.4. The average Bonchev–Trinajstić information content (AvgIpc) is 3.39. The maximum atomic E-state index is 12.5. The molecule has 28 heavy (non-hydrogen) atoms. The van der Waals surface area contributed by atoms with E-state index in [1.54, 1.807) is 12.3 Å². The highest BCUT2D eigenvalue weighted by atomic mass is 32.2. The first-order chi connectivity index (χ1) is 13.5. The van der Waals surface area contributed by atoms with Crippen LogP contribution in [0, 0.1) is 0 Å². The maximum absolute atomic E-state index is 12.5. The monoisotopic (exact) mass is 412 g/mol. The van der Waals surface area contributed by atoms with Crippen LogP contribution >= 0.6 is 11.3 Å². The van der Waals surface area contributed by atoms with Crippen molar-refractivity contribution in [2.45, 2.75) is 11.4 Å². The number of rotatable bonds is 6. The number of nitrogens with zero attached hydrogens (tertiary/aromatic N) is 1. The van der Waals surface area contributed by atoms with Crippen LogP contribution in [0.3, 0.4) is 0 Å². The zero-order chi connectivity index (χ0) is 19.6. The molecule has 142 valence electrons. The summed E-state index contributed by atoms with van der Waals surface area (Å²) in [6, 6.07) is 15.0. The van der Waals surface area contributed by atoms with Crippen molar-refractivity contribution in [2.24, 2.45) is 0 Å². The van der Waals surface area contributed by atoms with E-state index in [4.69, 9.17) is 0 Å². The average molecular weight is 412 g/mol. The van der Waals surface area contributed by atoms with Gasteiger partial charge in [-0.25, -0.2) is 13.1 Å². The second-order valence-corrected chi connectivity index (χ2v) is 8.82.